The molecular formula is C18H25F2N3O3. The molecule has 1 N–H and O–H groups in total. The van der Waals surface area contributed by atoms with Gasteiger partial charge in [-0.05, 0) is 31.5 Å². The summed E-state index contributed by atoms with van der Waals surface area (Å²) in [7, 11) is 0. The minimum absolute atomic E-state index is 0.00844. The highest BCUT2D eigenvalue weighted by molar-refractivity contribution is 5.79. The molecule has 1 fully saturated rings. The van der Waals surface area contributed by atoms with E-state index in [1.807, 2.05) is 18.7 Å². The maximum absolute atomic E-state index is 12.4. The third kappa shape index (κ3) is 6.59. The summed E-state index contributed by atoms with van der Waals surface area (Å²) in [6.45, 7) is 3.76. The molecule has 0 unspecified atom stereocenters. The summed E-state index contributed by atoms with van der Waals surface area (Å²) < 4.78 is 28.6. The molecule has 1 saturated heterocycles. The molecule has 6 nitrogen and oxygen atoms in total. The Labute approximate surface area is 152 Å². The number of benzene rings is 1. The molecule has 2 amide bonds. The fourth-order valence-corrected chi connectivity index (χ4v) is 2.80. The van der Waals surface area contributed by atoms with Crippen LogP contribution in [0.1, 0.15) is 19.4 Å². The third-order valence-corrected chi connectivity index (χ3v) is 4.05. The highest BCUT2D eigenvalue weighted by Gasteiger charge is 2.22. The molecule has 1 heterocycles. The lowest BCUT2D eigenvalue weighted by molar-refractivity contribution is -0.132. The highest BCUT2D eigenvalue weighted by atomic mass is 19.3. The Morgan fingerprint density at radius 1 is 1.12 bits per heavy atom. The van der Waals surface area contributed by atoms with Crippen LogP contribution in [0, 0.1) is 0 Å². The zero-order chi connectivity index (χ0) is 19.1. The Morgan fingerprint density at radius 2 is 1.73 bits per heavy atom. The lowest BCUT2D eigenvalue weighted by atomic mass is 10.1. The predicted molar refractivity (Wildman–Crippen MR) is 93.1 cm³/mol. The van der Waals surface area contributed by atoms with Gasteiger partial charge in [0, 0.05) is 32.2 Å². The van der Waals surface area contributed by atoms with Gasteiger partial charge in [0.15, 0.2) is 0 Å². The van der Waals surface area contributed by atoms with Crippen molar-refractivity contribution < 1.29 is 23.1 Å². The number of carbonyl (C=O) groups is 2. The first-order chi connectivity index (χ1) is 12.3. The molecule has 8 heteroatoms. The minimum atomic E-state index is -2.86. The number of piperazine rings is 1. The van der Waals surface area contributed by atoms with Gasteiger partial charge >= 0.3 is 6.61 Å². The summed E-state index contributed by atoms with van der Waals surface area (Å²) in [4.78, 5) is 28.0. The average Bonchev–Trinajstić information content (AvgIpc) is 2.56. The standard InChI is InChI=1S/C18H25F2N3O3/c1-13(2)21-16(24)12-22-7-9-23(10-8-22)17(25)11-14-3-5-15(6-4-14)26-18(19)20/h3-6,13,18H,7-12H2,1-2H3,(H,21,24). The Kier molecular flexibility index (Phi) is 7.32. The number of nitrogens with zero attached hydrogens (tertiary/aromatic N) is 2. The smallest absolute Gasteiger partial charge is 0.387 e. The lowest BCUT2D eigenvalue weighted by Gasteiger charge is -2.34. The van der Waals surface area contributed by atoms with E-state index in [0.29, 0.717) is 32.7 Å². The van der Waals surface area contributed by atoms with Gasteiger partial charge in [-0.2, -0.15) is 8.78 Å². The topological polar surface area (TPSA) is 61.9 Å². The first kappa shape index (κ1) is 20.1. The molecule has 0 radical (unpaired) electrons. The van der Waals surface area contributed by atoms with Crippen molar-refractivity contribution in [2.75, 3.05) is 32.7 Å². The molecule has 0 atom stereocenters. The molecule has 144 valence electrons. The second-order valence-electron chi connectivity index (χ2n) is 6.58. The first-order valence-corrected chi connectivity index (χ1v) is 8.66. The first-order valence-electron chi connectivity index (χ1n) is 8.66. The van der Waals surface area contributed by atoms with Gasteiger partial charge in [0.05, 0.1) is 13.0 Å². The number of nitrogens with one attached hydrogen (secondary N) is 1. The van der Waals surface area contributed by atoms with Crippen LogP contribution in [0.3, 0.4) is 0 Å². The second-order valence-corrected chi connectivity index (χ2v) is 6.58. The summed E-state index contributed by atoms with van der Waals surface area (Å²) in [5, 5.41) is 2.85. The van der Waals surface area contributed by atoms with Gasteiger partial charge in [0.25, 0.3) is 0 Å². The molecule has 26 heavy (non-hydrogen) atoms. The number of ether oxygens (including phenoxy) is 1. The van der Waals surface area contributed by atoms with Crippen LogP contribution in [-0.4, -0.2) is 67.0 Å². The van der Waals surface area contributed by atoms with Gasteiger partial charge in [0.1, 0.15) is 5.75 Å². The van der Waals surface area contributed by atoms with E-state index in [1.165, 1.54) is 12.1 Å². The zero-order valence-electron chi connectivity index (χ0n) is 15.1. The number of hydrogen-bond acceptors (Lipinski definition) is 4. The monoisotopic (exact) mass is 369 g/mol. The number of hydrogen-bond donors (Lipinski definition) is 1. The van der Waals surface area contributed by atoms with Crippen molar-refractivity contribution >= 4 is 11.8 Å². The summed E-state index contributed by atoms with van der Waals surface area (Å²) in [5.41, 5.74) is 0.746. The Morgan fingerprint density at radius 3 is 2.27 bits per heavy atom. The Hall–Kier alpha value is -2.22. The number of rotatable bonds is 7. The molecule has 0 saturated carbocycles. The van der Waals surface area contributed by atoms with Crippen molar-refractivity contribution in [2.24, 2.45) is 0 Å². The van der Waals surface area contributed by atoms with Crippen LogP contribution < -0.4 is 10.1 Å². The van der Waals surface area contributed by atoms with Crippen LogP contribution in [0.5, 0.6) is 5.75 Å². The third-order valence-electron chi connectivity index (χ3n) is 4.05. The van der Waals surface area contributed by atoms with E-state index >= 15 is 0 Å². The van der Waals surface area contributed by atoms with Crippen LogP contribution in [0.15, 0.2) is 24.3 Å². The van der Waals surface area contributed by atoms with E-state index in [2.05, 4.69) is 10.1 Å². The molecule has 1 aromatic rings. The van der Waals surface area contributed by atoms with Crippen molar-refractivity contribution in [1.82, 2.24) is 15.1 Å². The number of alkyl halides is 2. The maximum Gasteiger partial charge on any atom is 0.387 e. The fourth-order valence-electron chi connectivity index (χ4n) is 2.80. The van der Waals surface area contributed by atoms with Gasteiger partial charge in [0.2, 0.25) is 11.8 Å². The quantitative estimate of drug-likeness (QED) is 0.791. The molecule has 0 aliphatic carbocycles. The molecular weight excluding hydrogens is 344 g/mol. The maximum atomic E-state index is 12.4. The summed E-state index contributed by atoms with van der Waals surface area (Å²) in [5.74, 6) is 0.0502. The SMILES string of the molecule is CC(C)NC(=O)CN1CCN(C(=O)Cc2ccc(OC(F)F)cc2)CC1. The summed E-state index contributed by atoms with van der Waals surface area (Å²) in [6.07, 6.45) is 0.211. The van der Waals surface area contributed by atoms with Crippen molar-refractivity contribution in [3.8, 4) is 5.75 Å². The largest absolute Gasteiger partial charge is 0.435 e. The van der Waals surface area contributed by atoms with Crippen molar-refractivity contribution in [1.29, 1.82) is 0 Å². The van der Waals surface area contributed by atoms with Gasteiger partial charge < -0.3 is 15.0 Å². The Balaban J connectivity index is 1.76. The minimum Gasteiger partial charge on any atom is -0.435 e. The van der Waals surface area contributed by atoms with E-state index < -0.39 is 6.61 Å². The average molecular weight is 369 g/mol. The van der Waals surface area contributed by atoms with Crippen LogP contribution >= 0.6 is 0 Å². The van der Waals surface area contributed by atoms with Crippen molar-refractivity contribution in [2.45, 2.75) is 32.9 Å². The van der Waals surface area contributed by atoms with Crippen LogP contribution in [0.4, 0.5) is 8.78 Å². The van der Waals surface area contributed by atoms with Gasteiger partial charge in [-0.3, -0.25) is 14.5 Å². The van der Waals surface area contributed by atoms with Gasteiger partial charge in [-0.25, -0.2) is 0 Å². The van der Waals surface area contributed by atoms with Crippen LogP contribution in [0.2, 0.25) is 0 Å². The van der Waals surface area contributed by atoms with Crippen LogP contribution in [0.25, 0.3) is 0 Å². The van der Waals surface area contributed by atoms with E-state index in [-0.39, 0.29) is 30.0 Å². The second kappa shape index (κ2) is 9.47. The van der Waals surface area contributed by atoms with E-state index in [0.717, 1.165) is 5.56 Å². The lowest BCUT2D eigenvalue weighted by Crippen LogP contribution is -2.51. The zero-order valence-corrected chi connectivity index (χ0v) is 15.1. The predicted octanol–water partition coefficient (Wildman–Crippen LogP) is 1.50. The van der Waals surface area contributed by atoms with Gasteiger partial charge in [-0.1, -0.05) is 12.1 Å². The normalized spacial score (nSPS) is 15.4. The number of halogens is 2. The number of amides is 2. The molecule has 1 aliphatic rings. The molecule has 1 aromatic carbocycles. The van der Waals surface area contributed by atoms with E-state index in [9.17, 15) is 18.4 Å². The fraction of sp³-hybridized carbons (Fsp3) is 0.556. The summed E-state index contributed by atoms with van der Waals surface area (Å²) >= 11 is 0. The van der Waals surface area contributed by atoms with E-state index in [4.69, 9.17) is 0 Å². The van der Waals surface area contributed by atoms with Crippen LogP contribution in [-0.2, 0) is 16.0 Å². The molecule has 0 aromatic heterocycles. The highest BCUT2D eigenvalue weighted by Crippen LogP contribution is 2.16. The Bertz CT molecular complexity index is 600. The molecule has 0 bridgehead atoms. The molecule has 0 spiro atoms. The molecule has 2 rings (SSSR count). The number of carbonyl (C=O) groups excluding carboxylic acids is 2. The molecule has 1 aliphatic heterocycles. The van der Waals surface area contributed by atoms with Gasteiger partial charge in [-0.15, -0.1) is 0 Å². The van der Waals surface area contributed by atoms with Crippen molar-refractivity contribution in [3.05, 3.63) is 29.8 Å². The van der Waals surface area contributed by atoms with E-state index in [1.54, 1.807) is 17.0 Å². The summed E-state index contributed by atoms with van der Waals surface area (Å²) in [6, 6.07) is 6.20. The van der Waals surface area contributed by atoms with Crippen molar-refractivity contribution in [3.63, 3.8) is 0 Å².